The standard InChI is InChI=1S/C24H21ClN2O6/c1-14-11-16(25)8-10-19(14)33-23-22(15-7-9-20(31-2)21(12-15)32-3)26(24(23)28)17-5-4-6-18(13-17)27(29)30/h4-13,22-23H,1-3H3/t22-,23+/m0/s1. The highest BCUT2D eigenvalue weighted by molar-refractivity contribution is 6.30. The van der Waals surface area contributed by atoms with Crippen molar-refractivity contribution in [1.82, 2.24) is 0 Å². The molecule has 1 amide bonds. The van der Waals surface area contributed by atoms with Gasteiger partial charge in [0.2, 0.25) is 6.10 Å². The number of hydrogen-bond donors (Lipinski definition) is 0. The number of nitro benzene ring substituents is 1. The molecule has 9 heteroatoms. The monoisotopic (exact) mass is 468 g/mol. The molecule has 0 saturated carbocycles. The number of anilines is 1. The van der Waals surface area contributed by atoms with Crippen molar-refractivity contribution >= 4 is 28.9 Å². The molecule has 0 spiro atoms. The predicted molar refractivity (Wildman–Crippen MR) is 123 cm³/mol. The Labute approximate surface area is 195 Å². The maximum atomic E-state index is 13.2. The molecule has 0 aliphatic carbocycles. The highest BCUT2D eigenvalue weighted by atomic mass is 35.5. The molecule has 1 aliphatic heterocycles. The van der Waals surface area contributed by atoms with Gasteiger partial charge in [-0.15, -0.1) is 0 Å². The van der Waals surface area contributed by atoms with Crippen LogP contribution in [0.1, 0.15) is 17.2 Å². The summed E-state index contributed by atoms with van der Waals surface area (Å²) >= 11 is 6.05. The van der Waals surface area contributed by atoms with Crippen molar-refractivity contribution in [2.45, 2.75) is 19.1 Å². The van der Waals surface area contributed by atoms with Crippen LogP contribution >= 0.6 is 11.6 Å². The van der Waals surface area contributed by atoms with Gasteiger partial charge in [0.15, 0.2) is 11.5 Å². The van der Waals surface area contributed by atoms with Crippen LogP contribution in [0.2, 0.25) is 5.02 Å². The van der Waals surface area contributed by atoms with Crippen LogP contribution in [-0.4, -0.2) is 31.2 Å². The van der Waals surface area contributed by atoms with E-state index in [2.05, 4.69) is 0 Å². The lowest BCUT2D eigenvalue weighted by atomic mass is 9.89. The van der Waals surface area contributed by atoms with Gasteiger partial charge in [-0.3, -0.25) is 19.8 Å². The van der Waals surface area contributed by atoms with Crippen molar-refractivity contribution in [3.05, 3.63) is 86.9 Å². The summed E-state index contributed by atoms with van der Waals surface area (Å²) in [5.74, 6) is 1.25. The van der Waals surface area contributed by atoms with Gasteiger partial charge < -0.3 is 14.2 Å². The van der Waals surface area contributed by atoms with Crippen molar-refractivity contribution in [2.75, 3.05) is 19.1 Å². The molecule has 8 nitrogen and oxygen atoms in total. The highest BCUT2D eigenvalue weighted by Crippen LogP contribution is 2.44. The second-order valence-electron chi connectivity index (χ2n) is 7.49. The van der Waals surface area contributed by atoms with Gasteiger partial charge in [-0.1, -0.05) is 23.7 Å². The molecule has 0 bridgehead atoms. The normalized spacial score (nSPS) is 17.3. The Kier molecular flexibility index (Phi) is 6.11. The van der Waals surface area contributed by atoms with Gasteiger partial charge in [-0.05, 0) is 54.4 Å². The number of rotatable bonds is 7. The molecule has 1 fully saturated rings. The summed E-state index contributed by atoms with van der Waals surface area (Å²) in [5.41, 5.74) is 1.82. The number of carbonyl (C=O) groups excluding carboxylic acids is 1. The number of amides is 1. The van der Waals surface area contributed by atoms with Gasteiger partial charge in [0.25, 0.3) is 11.6 Å². The van der Waals surface area contributed by atoms with Crippen LogP contribution < -0.4 is 19.1 Å². The molecule has 0 N–H and O–H groups in total. The van der Waals surface area contributed by atoms with E-state index in [-0.39, 0.29) is 11.6 Å². The number of non-ortho nitro benzene ring substituents is 1. The predicted octanol–water partition coefficient (Wildman–Crippen LogP) is 5.11. The van der Waals surface area contributed by atoms with Gasteiger partial charge in [0.05, 0.1) is 24.8 Å². The average molecular weight is 469 g/mol. The molecular formula is C24H21ClN2O6. The van der Waals surface area contributed by atoms with E-state index in [9.17, 15) is 14.9 Å². The second-order valence-corrected chi connectivity index (χ2v) is 7.93. The largest absolute Gasteiger partial charge is 0.493 e. The molecule has 3 aromatic rings. The van der Waals surface area contributed by atoms with Gasteiger partial charge in [-0.2, -0.15) is 0 Å². The lowest BCUT2D eigenvalue weighted by Gasteiger charge is -2.46. The number of β-lactam (4-membered cyclic amide) rings is 1. The number of carbonyl (C=O) groups is 1. The molecule has 170 valence electrons. The summed E-state index contributed by atoms with van der Waals surface area (Å²) in [7, 11) is 3.06. The minimum atomic E-state index is -0.845. The van der Waals surface area contributed by atoms with Crippen LogP contribution in [-0.2, 0) is 4.79 Å². The van der Waals surface area contributed by atoms with E-state index >= 15 is 0 Å². The zero-order chi connectivity index (χ0) is 23.7. The molecule has 3 aromatic carbocycles. The van der Waals surface area contributed by atoms with Gasteiger partial charge >= 0.3 is 0 Å². The lowest BCUT2D eigenvalue weighted by molar-refractivity contribution is -0.384. The number of methoxy groups -OCH3 is 2. The van der Waals surface area contributed by atoms with Crippen LogP contribution in [0.5, 0.6) is 17.2 Å². The van der Waals surface area contributed by atoms with Crippen LogP contribution in [0.15, 0.2) is 60.7 Å². The molecule has 33 heavy (non-hydrogen) atoms. The van der Waals surface area contributed by atoms with Gasteiger partial charge in [0, 0.05) is 17.2 Å². The van der Waals surface area contributed by atoms with Crippen LogP contribution in [0.4, 0.5) is 11.4 Å². The maximum Gasteiger partial charge on any atom is 0.271 e. The second kappa shape index (κ2) is 8.99. The van der Waals surface area contributed by atoms with E-state index in [4.69, 9.17) is 25.8 Å². The van der Waals surface area contributed by atoms with Gasteiger partial charge in [0.1, 0.15) is 11.8 Å². The number of hydrogen-bond acceptors (Lipinski definition) is 6. The molecule has 1 heterocycles. The highest BCUT2D eigenvalue weighted by Gasteiger charge is 2.51. The quantitative estimate of drug-likeness (QED) is 0.272. The summed E-state index contributed by atoms with van der Waals surface area (Å²) in [5, 5.41) is 11.8. The molecular weight excluding hydrogens is 448 g/mol. The Morgan fingerprint density at radius 1 is 0.970 bits per heavy atom. The van der Waals surface area contributed by atoms with Gasteiger partial charge in [-0.25, -0.2) is 0 Å². The number of halogens is 1. The summed E-state index contributed by atoms with van der Waals surface area (Å²) in [4.78, 5) is 25.5. The van der Waals surface area contributed by atoms with Crippen molar-refractivity contribution < 1.29 is 23.9 Å². The summed E-state index contributed by atoms with van der Waals surface area (Å²) < 4.78 is 16.9. The lowest BCUT2D eigenvalue weighted by Crippen LogP contribution is -2.61. The Morgan fingerprint density at radius 2 is 1.70 bits per heavy atom. The fourth-order valence-corrected chi connectivity index (χ4v) is 4.09. The minimum Gasteiger partial charge on any atom is -0.493 e. The van der Waals surface area contributed by atoms with Crippen molar-refractivity contribution in [2.24, 2.45) is 0 Å². The summed E-state index contributed by atoms with van der Waals surface area (Å²) in [6, 6.07) is 15.9. The smallest absolute Gasteiger partial charge is 0.271 e. The fourth-order valence-electron chi connectivity index (χ4n) is 3.86. The van der Waals surface area contributed by atoms with Crippen molar-refractivity contribution in [3.8, 4) is 17.2 Å². The Morgan fingerprint density at radius 3 is 2.36 bits per heavy atom. The first kappa shape index (κ1) is 22.4. The molecule has 1 saturated heterocycles. The fraction of sp³-hybridized carbons (Fsp3) is 0.208. The van der Waals surface area contributed by atoms with Crippen LogP contribution in [0.25, 0.3) is 0 Å². The van der Waals surface area contributed by atoms with E-state index in [1.807, 2.05) is 13.0 Å². The van der Waals surface area contributed by atoms with E-state index in [0.29, 0.717) is 28.0 Å². The molecule has 2 atom stereocenters. The number of nitrogens with zero attached hydrogens (tertiary/aromatic N) is 2. The number of nitro groups is 1. The molecule has 4 rings (SSSR count). The van der Waals surface area contributed by atoms with E-state index in [1.54, 1.807) is 42.5 Å². The van der Waals surface area contributed by atoms with Crippen LogP contribution in [0, 0.1) is 17.0 Å². The Balaban J connectivity index is 1.76. The summed E-state index contributed by atoms with van der Waals surface area (Å²) in [6.07, 6.45) is -0.845. The Hall–Kier alpha value is -3.78. The molecule has 0 aromatic heterocycles. The SMILES string of the molecule is COc1ccc([C@H]2[C@@H](Oc3ccc(Cl)cc3C)C(=O)N2c2cccc([N+](=O)[O-])c2)cc1OC. The zero-order valence-electron chi connectivity index (χ0n) is 18.2. The minimum absolute atomic E-state index is 0.107. The van der Waals surface area contributed by atoms with E-state index < -0.39 is 17.1 Å². The molecule has 1 aliphatic rings. The summed E-state index contributed by atoms with van der Waals surface area (Å²) in [6.45, 7) is 1.84. The van der Waals surface area contributed by atoms with Crippen LogP contribution in [0.3, 0.4) is 0 Å². The third-order valence-electron chi connectivity index (χ3n) is 5.50. The number of aryl methyl sites for hydroxylation is 1. The Bertz CT molecular complexity index is 1230. The third-order valence-corrected chi connectivity index (χ3v) is 5.74. The zero-order valence-corrected chi connectivity index (χ0v) is 18.9. The van der Waals surface area contributed by atoms with Crippen molar-refractivity contribution in [1.29, 1.82) is 0 Å². The number of ether oxygens (including phenoxy) is 3. The average Bonchev–Trinajstić information content (AvgIpc) is 2.81. The first-order valence-corrected chi connectivity index (χ1v) is 10.4. The first-order chi connectivity index (χ1) is 15.8. The van der Waals surface area contributed by atoms with E-state index in [0.717, 1.165) is 11.1 Å². The molecule has 0 unspecified atom stereocenters. The van der Waals surface area contributed by atoms with E-state index in [1.165, 1.54) is 31.3 Å². The topological polar surface area (TPSA) is 91.1 Å². The first-order valence-electron chi connectivity index (χ1n) is 10.1. The van der Waals surface area contributed by atoms with Crippen molar-refractivity contribution in [3.63, 3.8) is 0 Å². The number of benzene rings is 3. The third kappa shape index (κ3) is 4.17. The maximum absolute atomic E-state index is 13.2. The molecule has 0 radical (unpaired) electrons.